The van der Waals surface area contributed by atoms with Crippen molar-refractivity contribution < 1.29 is 0 Å². The summed E-state index contributed by atoms with van der Waals surface area (Å²) < 4.78 is 0. The van der Waals surface area contributed by atoms with Gasteiger partial charge in [-0.2, -0.15) is 0 Å². The number of hydrogen-bond acceptors (Lipinski definition) is 1. The first-order chi connectivity index (χ1) is 5.70. The summed E-state index contributed by atoms with van der Waals surface area (Å²) in [5.74, 6) is 1.83. The smallest absolute Gasteiger partial charge is 0.229 e. The Morgan fingerprint density at radius 2 is 1.50 bits per heavy atom. The summed E-state index contributed by atoms with van der Waals surface area (Å²) in [6.45, 7) is 12.7. The van der Waals surface area contributed by atoms with Crippen molar-refractivity contribution in [3.8, 4) is 0 Å². The van der Waals surface area contributed by atoms with Crippen LogP contribution in [0.3, 0.4) is 0 Å². The molecule has 1 rings (SSSR count). The molecule has 0 aromatic carbocycles. The fourth-order valence-electron chi connectivity index (χ4n) is 2.79. The van der Waals surface area contributed by atoms with Crippen molar-refractivity contribution in [2.45, 2.75) is 52.2 Å². The van der Waals surface area contributed by atoms with E-state index in [1.54, 1.807) is 0 Å². The average molecular weight is 167 g/mol. The molecule has 0 bridgehead atoms. The van der Waals surface area contributed by atoms with Crippen molar-refractivity contribution in [2.24, 2.45) is 0 Å². The van der Waals surface area contributed by atoms with Crippen molar-refractivity contribution in [1.29, 1.82) is 0 Å². The van der Waals surface area contributed by atoms with Gasteiger partial charge in [-0.15, -0.1) is 0 Å². The molecule has 70 valence electrons. The lowest BCUT2D eigenvalue weighted by Crippen LogP contribution is -2.41. The molecule has 0 spiro atoms. The first kappa shape index (κ1) is 10.1. The average Bonchev–Trinajstić information content (AvgIpc) is 2.38. The standard InChI is InChI=1S/C10H22BN/c1-5-12(6-2)11-9(3)7-8-10(11)4/h9-10H,5-8H2,1-4H3. The van der Waals surface area contributed by atoms with Crippen LogP contribution in [-0.4, -0.2) is 24.7 Å². The van der Waals surface area contributed by atoms with Gasteiger partial charge in [-0.05, 0) is 24.7 Å². The maximum absolute atomic E-state index is 2.63. The van der Waals surface area contributed by atoms with Gasteiger partial charge in [0.25, 0.3) is 0 Å². The molecule has 0 radical (unpaired) electrons. The maximum atomic E-state index is 2.63. The van der Waals surface area contributed by atoms with Crippen LogP contribution in [0.5, 0.6) is 0 Å². The minimum absolute atomic E-state index is 0.861. The highest BCUT2D eigenvalue weighted by molar-refractivity contribution is 6.59. The van der Waals surface area contributed by atoms with Crippen LogP contribution in [0.4, 0.5) is 0 Å². The van der Waals surface area contributed by atoms with Gasteiger partial charge in [-0.1, -0.05) is 40.5 Å². The molecule has 2 unspecified atom stereocenters. The summed E-state index contributed by atoms with van der Waals surface area (Å²) in [4.78, 5) is 2.63. The molecule has 0 saturated carbocycles. The molecule has 2 atom stereocenters. The molecule has 0 amide bonds. The van der Waals surface area contributed by atoms with Crippen LogP contribution in [0, 0.1) is 0 Å². The number of nitrogens with zero attached hydrogens (tertiary/aromatic N) is 1. The van der Waals surface area contributed by atoms with E-state index < -0.39 is 0 Å². The summed E-state index contributed by atoms with van der Waals surface area (Å²) in [5.41, 5.74) is 0. The predicted molar refractivity (Wildman–Crippen MR) is 56.8 cm³/mol. The Morgan fingerprint density at radius 3 is 1.83 bits per heavy atom. The summed E-state index contributed by atoms with van der Waals surface area (Å²) in [5, 5.41) is 0. The summed E-state index contributed by atoms with van der Waals surface area (Å²) >= 11 is 0. The van der Waals surface area contributed by atoms with E-state index in [9.17, 15) is 0 Å². The molecule has 0 aliphatic carbocycles. The van der Waals surface area contributed by atoms with Gasteiger partial charge in [-0.25, -0.2) is 0 Å². The first-order valence-corrected chi connectivity index (χ1v) is 5.44. The van der Waals surface area contributed by atoms with E-state index in [-0.39, 0.29) is 0 Å². The van der Waals surface area contributed by atoms with E-state index in [0.717, 1.165) is 18.5 Å². The number of hydrogen-bond donors (Lipinski definition) is 0. The molecular formula is C10H22BN. The normalized spacial score (nSPS) is 30.2. The Bertz CT molecular complexity index is 124. The van der Waals surface area contributed by atoms with E-state index in [1.165, 1.54) is 25.9 Å². The molecule has 1 saturated heterocycles. The fraction of sp³-hybridized carbons (Fsp3) is 1.00. The molecule has 2 heteroatoms. The highest BCUT2D eigenvalue weighted by Gasteiger charge is 2.37. The van der Waals surface area contributed by atoms with Crippen LogP contribution in [0.1, 0.15) is 40.5 Å². The van der Waals surface area contributed by atoms with Gasteiger partial charge in [0.15, 0.2) is 0 Å². The predicted octanol–water partition coefficient (Wildman–Crippen LogP) is 2.89. The van der Waals surface area contributed by atoms with Gasteiger partial charge in [0.05, 0.1) is 0 Å². The van der Waals surface area contributed by atoms with Crippen molar-refractivity contribution in [3.63, 3.8) is 0 Å². The SMILES string of the molecule is CCN(CC)B1C(C)CCC1C. The zero-order chi connectivity index (χ0) is 9.14. The molecule has 1 heterocycles. The zero-order valence-corrected chi connectivity index (χ0v) is 9.01. The van der Waals surface area contributed by atoms with Crippen molar-refractivity contribution in [1.82, 2.24) is 4.81 Å². The van der Waals surface area contributed by atoms with E-state index in [1.807, 2.05) is 0 Å². The van der Waals surface area contributed by atoms with Crippen molar-refractivity contribution >= 4 is 6.85 Å². The van der Waals surface area contributed by atoms with Crippen LogP contribution in [0.25, 0.3) is 0 Å². The summed E-state index contributed by atoms with van der Waals surface area (Å²) in [6.07, 6.45) is 2.87. The second kappa shape index (κ2) is 4.31. The third kappa shape index (κ3) is 1.85. The largest absolute Gasteiger partial charge is 0.342 e. The van der Waals surface area contributed by atoms with Gasteiger partial charge < -0.3 is 4.81 Å². The summed E-state index contributed by atoms with van der Waals surface area (Å²) in [7, 11) is 0. The van der Waals surface area contributed by atoms with Crippen LogP contribution in [0.15, 0.2) is 0 Å². The topological polar surface area (TPSA) is 3.24 Å². The monoisotopic (exact) mass is 167 g/mol. The van der Waals surface area contributed by atoms with Gasteiger partial charge >= 0.3 is 0 Å². The molecular weight excluding hydrogens is 145 g/mol. The lowest BCUT2D eigenvalue weighted by atomic mass is 9.47. The first-order valence-electron chi connectivity index (χ1n) is 5.44. The van der Waals surface area contributed by atoms with E-state index in [4.69, 9.17) is 0 Å². The molecule has 0 aromatic rings. The molecule has 1 aliphatic heterocycles. The van der Waals surface area contributed by atoms with E-state index in [0.29, 0.717) is 0 Å². The highest BCUT2D eigenvalue weighted by Crippen LogP contribution is 2.39. The van der Waals surface area contributed by atoms with E-state index in [2.05, 4.69) is 32.5 Å². The van der Waals surface area contributed by atoms with Gasteiger partial charge in [0, 0.05) is 0 Å². The van der Waals surface area contributed by atoms with Gasteiger partial charge in [0.1, 0.15) is 0 Å². The molecule has 0 N–H and O–H groups in total. The van der Waals surface area contributed by atoms with Crippen LogP contribution in [0.2, 0.25) is 11.6 Å². The quantitative estimate of drug-likeness (QED) is 0.584. The third-order valence-electron chi connectivity index (χ3n) is 3.48. The minimum atomic E-state index is 0.861. The lowest BCUT2D eigenvalue weighted by Gasteiger charge is -2.29. The highest BCUT2D eigenvalue weighted by atomic mass is 15.0. The fourth-order valence-corrected chi connectivity index (χ4v) is 2.79. The van der Waals surface area contributed by atoms with Crippen LogP contribution in [-0.2, 0) is 0 Å². The van der Waals surface area contributed by atoms with Crippen molar-refractivity contribution in [2.75, 3.05) is 13.1 Å². The van der Waals surface area contributed by atoms with Gasteiger partial charge in [-0.3, -0.25) is 0 Å². The zero-order valence-electron chi connectivity index (χ0n) is 9.01. The minimum Gasteiger partial charge on any atom is -0.342 e. The molecule has 1 nitrogen and oxygen atoms in total. The summed E-state index contributed by atoms with van der Waals surface area (Å²) in [6, 6.07) is 0. The van der Waals surface area contributed by atoms with Crippen LogP contribution >= 0.6 is 0 Å². The lowest BCUT2D eigenvalue weighted by molar-refractivity contribution is 0.467. The number of rotatable bonds is 3. The maximum Gasteiger partial charge on any atom is 0.229 e. The van der Waals surface area contributed by atoms with Gasteiger partial charge in [0.2, 0.25) is 6.85 Å². The Kier molecular flexibility index (Phi) is 3.63. The molecule has 1 fully saturated rings. The van der Waals surface area contributed by atoms with Crippen molar-refractivity contribution in [3.05, 3.63) is 0 Å². The Hall–Kier alpha value is 0.0249. The molecule has 1 aliphatic rings. The molecule has 0 aromatic heterocycles. The second-order valence-electron chi connectivity index (χ2n) is 4.24. The van der Waals surface area contributed by atoms with Crippen LogP contribution < -0.4 is 0 Å². The second-order valence-corrected chi connectivity index (χ2v) is 4.24. The Morgan fingerprint density at radius 1 is 1.08 bits per heavy atom. The molecule has 12 heavy (non-hydrogen) atoms. The Labute approximate surface area is 77.6 Å². The van der Waals surface area contributed by atoms with E-state index >= 15 is 0 Å². The Balaban J connectivity index is 2.57. The third-order valence-corrected chi connectivity index (χ3v) is 3.48.